The second kappa shape index (κ2) is 9.14. The Hall–Kier alpha value is -2.19. The lowest BCUT2D eigenvalue weighted by molar-refractivity contribution is -0.121. The van der Waals surface area contributed by atoms with Gasteiger partial charge in [0.05, 0.1) is 12.3 Å². The maximum absolute atomic E-state index is 12.1. The summed E-state index contributed by atoms with van der Waals surface area (Å²) >= 11 is 3.31. The number of carbonyl (C=O) groups excluding carboxylic acids is 2. The molecular formula is C19H21BrN2O4S. The van der Waals surface area contributed by atoms with Crippen molar-refractivity contribution < 1.29 is 18.0 Å². The summed E-state index contributed by atoms with van der Waals surface area (Å²) in [6.07, 6.45) is 1.28. The Kier molecular flexibility index (Phi) is 7.15. The van der Waals surface area contributed by atoms with Gasteiger partial charge in [0.2, 0.25) is 15.9 Å². The van der Waals surface area contributed by atoms with Crippen LogP contribution in [0.2, 0.25) is 0 Å². The van der Waals surface area contributed by atoms with Gasteiger partial charge in [-0.2, -0.15) is 0 Å². The number of Topliss-reactive ketones (excluding diaryl/α,β-unsaturated/α-hetero) is 1. The van der Waals surface area contributed by atoms with Crippen molar-refractivity contribution in [3.63, 3.8) is 0 Å². The third-order valence-corrected chi connectivity index (χ3v) is 4.95. The van der Waals surface area contributed by atoms with Crippen LogP contribution in [0.5, 0.6) is 0 Å². The van der Waals surface area contributed by atoms with E-state index < -0.39 is 10.0 Å². The quantitative estimate of drug-likeness (QED) is 0.597. The molecule has 27 heavy (non-hydrogen) atoms. The monoisotopic (exact) mass is 452 g/mol. The van der Waals surface area contributed by atoms with Gasteiger partial charge in [-0.1, -0.05) is 40.2 Å². The summed E-state index contributed by atoms with van der Waals surface area (Å²) in [6, 6.07) is 13.5. The van der Waals surface area contributed by atoms with Crippen LogP contribution in [-0.2, 0) is 14.8 Å². The highest BCUT2D eigenvalue weighted by atomic mass is 79.9. The molecule has 0 heterocycles. The minimum atomic E-state index is -3.37. The Balaban J connectivity index is 1.90. The number of hydrogen-bond acceptors (Lipinski definition) is 4. The van der Waals surface area contributed by atoms with Crippen molar-refractivity contribution >= 4 is 43.3 Å². The molecule has 2 aromatic carbocycles. The molecule has 2 N–H and O–H groups in total. The van der Waals surface area contributed by atoms with E-state index >= 15 is 0 Å². The molecule has 1 amide bonds. The van der Waals surface area contributed by atoms with Crippen molar-refractivity contribution in [2.24, 2.45) is 0 Å². The summed E-state index contributed by atoms with van der Waals surface area (Å²) in [5.74, 6) is -0.334. The zero-order valence-electron chi connectivity index (χ0n) is 15.0. The van der Waals surface area contributed by atoms with Crippen LogP contribution in [-0.4, -0.2) is 26.4 Å². The molecule has 1 atom stereocenters. The average Bonchev–Trinajstić information content (AvgIpc) is 2.59. The molecule has 144 valence electrons. The van der Waals surface area contributed by atoms with Gasteiger partial charge >= 0.3 is 0 Å². The Bertz CT molecular complexity index is 927. The van der Waals surface area contributed by atoms with Crippen molar-refractivity contribution in [3.8, 4) is 0 Å². The van der Waals surface area contributed by atoms with E-state index in [0.717, 1.165) is 16.3 Å². The maximum atomic E-state index is 12.1. The van der Waals surface area contributed by atoms with E-state index in [-0.39, 0.29) is 30.6 Å². The zero-order chi connectivity index (χ0) is 20.0. The number of ketones is 1. The van der Waals surface area contributed by atoms with Gasteiger partial charge in [-0.05, 0) is 36.8 Å². The molecule has 2 aromatic rings. The molecule has 0 aliphatic rings. The van der Waals surface area contributed by atoms with E-state index in [1.165, 1.54) is 0 Å². The maximum Gasteiger partial charge on any atom is 0.229 e. The molecule has 8 heteroatoms. The van der Waals surface area contributed by atoms with Gasteiger partial charge in [0.25, 0.3) is 0 Å². The molecule has 1 unspecified atom stereocenters. The van der Waals surface area contributed by atoms with Crippen LogP contribution in [0.1, 0.15) is 41.7 Å². The van der Waals surface area contributed by atoms with Gasteiger partial charge in [0, 0.05) is 28.6 Å². The SMILES string of the molecule is CC(NC(=O)CCC(=O)c1ccc(Br)cc1)c1cccc(NS(C)(=O)=O)c1. The van der Waals surface area contributed by atoms with E-state index in [4.69, 9.17) is 0 Å². The molecule has 0 radical (unpaired) electrons. The minimum Gasteiger partial charge on any atom is -0.350 e. The van der Waals surface area contributed by atoms with Crippen molar-refractivity contribution in [2.45, 2.75) is 25.8 Å². The van der Waals surface area contributed by atoms with Crippen LogP contribution in [0.15, 0.2) is 53.0 Å². The second-order valence-corrected chi connectivity index (χ2v) is 8.88. The van der Waals surface area contributed by atoms with Crippen molar-refractivity contribution in [2.75, 3.05) is 11.0 Å². The minimum absolute atomic E-state index is 0.0838. The average molecular weight is 453 g/mol. The van der Waals surface area contributed by atoms with Crippen LogP contribution in [0.25, 0.3) is 0 Å². The molecule has 6 nitrogen and oxygen atoms in total. The molecular weight excluding hydrogens is 432 g/mol. The molecule has 0 saturated heterocycles. The van der Waals surface area contributed by atoms with E-state index in [9.17, 15) is 18.0 Å². The molecule has 0 spiro atoms. The number of amides is 1. The lowest BCUT2D eigenvalue weighted by atomic mass is 10.1. The molecule has 0 aromatic heterocycles. The molecule has 2 rings (SSSR count). The van der Waals surface area contributed by atoms with Crippen LogP contribution < -0.4 is 10.0 Å². The van der Waals surface area contributed by atoms with Gasteiger partial charge in [0.15, 0.2) is 5.78 Å². The Morgan fingerprint density at radius 3 is 2.37 bits per heavy atom. The summed E-state index contributed by atoms with van der Waals surface area (Å²) in [6.45, 7) is 1.80. The summed E-state index contributed by atoms with van der Waals surface area (Å²) in [7, 11) is -3.37. The van der Waals surface area contributed by atoms with Gasteiger partial charge in [-0.3, -0.25) is 14.3 Å². The van der Waals surface area contributed by atoms with E-state index in [2.05, 4.69) is 26.0 Å². The van der Waals surface area contributed by atoms with E-state index in [1.807, 2.05) is 0 Å². The number of anilines is 1. The number of hydrogen-bond donors (Lipinski definition) is 2. The molecule has 0 aliphatic heterocycles. The number of benzene rings is 2. The van der Waals surface area contributed by atoms with Crippen LogP contribution in [0.4, 0.5) is 5.69 Å². The Morgan fingerprint density at radius 2 is 1.74 bits per heavy atom. The largest absolute Gasteiger partial charge is 0.350 e. The third-order valence-electron chi connectivity index (χ3n) is 3.81. The summed E-state index contributed by atoms with van der Waals surface area (Å²) in [4.78, 5) is 24.3. The zero-order valence-corrected chi connectivity index (χ0v) is 17.4. The fourth-order valence-electron chi connectivity index (χ4n) is 2.49. The highest BCUT2D eigenvalue weighted by molar-refractivity contribution is 9.10. The van der Waals surface area contributed by atoms with Crippen molar-refractivity contribution in [1.29, 1.82) is 0 Å². The first-order valence-corrected chi connectivity index (χ1v) is 11.0. The van der Waals surface area contributed by atoms with Crippen LogP contribution in [0.3, 0.4) is 0 Å². The molecule has 0 fully saturated rings. The lowest BCUT2D eigenvalue weighted by Crippen LogP contribution is -2.27. The first-order chi connectivity index (χ1) is 12.6. The van der Waals surface area contributed by atoms with Crippen LogP contribution in [0, 0.1) is 0 Å². The van der Waals surface area contributed by atoms with E-state index in [0.29, 0.717) is 11.3 Å². The van der Waals surface area contributed by atoms with Gasteiger partial charge in [0.1, 0.15) is 0 Å². The Morgan fingerprint density at radius 1 is 1.07 bits per heavy atom. The van der Waals surface area contributed by atoms with Gasteiger partial charge < -0.3 is 5.32 Å². The van der Waals surface area contributed by atoms with Crippen LogP contribution >= 0.6 is 15.9 Å². The standard InChI is InChI=1S/C19H21BrN2O4S/c1-13(15-4-3-5-17(12-15)22-27(2,25)26)21-19(24)11-10-18(23)14-6-8-16(20)9-7-14/h3-9,12-13,22H,10-11H2,1-2H3,(H,21,24). The highest BCUT2D eigenvalue weighted by Crippen LogP contribution is 2.18. The number of nitrogens with one attached hydrogen (secondary N) is 2. The number of halogens is 1. The second-order valence-electron chi connectivity index (χ2n) is 6.22. The molecule has 0 bridgehead atoms. The summed E-state index contributed by atoms with van der Waals surface area (Å²) < 4.78 is 25.9. The smallest absolute Gasteiger partial charge is 0.229 e. The summed E-state index contributed by atoms with van der Waals surface area (Å²) in [5.41, 5.74) is 1.76. The number of rotatable bonds is 8. The van der Waals surface area contributed by atoms with Gasteiger partial charge in [-0.15, -0.1) is 0 Å². The molecule has 0 saturated carbocycles. The lowest BCUT2D eigenvalue weighted by Gasteiger charge is -2.15. The Labute approximate surface area is 167 Å². The first-order valence-electron chi connectivity index (χ1n) is 8.30. The molecule has 0 aliphatic carbocycles. The number of sulfonamides is 1. The fourth-order valence-corrected chi connectivity index (χ4v) is 3.31. The van der Waals surface area contributed by atoms with Crippen molar-refractivity contribution in [3.05, 3.63) is 64.1 Å². The van der Waals surface area contributed by atoms with Gasteiger partial charge in [-0.25, -0.2) is 8.42 Å². The summed E-state index contributed by atoms with van der Waals surface area (Å²) in [5, 5.41) is 2.83. The highest BCUT2D eigenvalue weighted by Gasteiger charge is 2.13. The topological polar surface area (TPSA) is 92.3 Å². The predicted octanol–water partition coefficient (Wildman–Crippen LogP) is 3.66. The normalized spacial score (nSPS) is 12.3. The first kappa shape index (κ1) is 21.1. The predicted molar refractivity (Wildman–Crippen MR) is 109 cm³/mol. The fraction of sp³-hybridized carbons (Fsp3) is 0.263. The third kappa shape index (κ3) is 7.15. The number of carbonyl (C=O) groups is 2. The van der Waals surface area contributed by atoms with E-state index in [1.54, 1.807) is 55.5 Å². The van der Waals surface area contributed by atoms with Crippen molar-refractivity contribution in [1.82, 2.24) is 5.32 Å².